The van der Waals surface area contributed by atoms with Gasteiger partial charge in [0, 0.05) is 18.7 Å². The molecule has 0 spiro atoms. The molecule has 2 aromatic rings. The van der Waals surface area contributed by atoms with E-state index in [4.69, 9.17) is 21.2 Å². The van der Waals surface area contributed by atoms with Crippen molar-refractivity contribution < 1.29 is 19.2 Å². The fourth-order valence-corrected chi connectivity index (χ4v) is 1.79. The summed E-state index contributed by atoms with van der Waals surface area (Å²) in [5.41, 5.74) is 0.360. The van der Waals surface area contributed by atoms with Gasteiger partial charge in [-0.05, 0) is 18.2 Å². The van der Waals surface area contributed by atoms with Crippen LogP contribution >= 0.6 is 11.6 Å². The van der Waals surface area contributed by atoms with Crippen LogP contribution in [0.5, 0.6) is 0 Å². The first-order valence-corrected chi connectivity index (χ1v) is 6.27. The van der Waals surface area contributed by atoms with Gasteiger partial charge in [-0.1, -0.05) is 16.8 Å². The highest BCUT2D eigenvalue weighted by atomic mass is 35.5. The molecule has 0 aliphatic rings. The molecule has 8 nitrogen and oxygen atoms in total. The standard InChI is InChI=1S/C12H11ClN4O4/c13-9-5-7(1-2-8(9)11(18)19)17-12(20)14-4-3-10-15-6-16-21-10/h1-2,5-6H,3-4H2,(H,18,19)(H2,14,17,20). The Labute approximate surface area is 124 Å². The molecule has 0 radical (unpaired) electrons. The minimum Gasteiger partial charge on any atom is -0.478 e. The fraction of sp³-hybridized carbons (Fsp3) is 0.167. The Morgan fingerprint density at radius 3 is 2.81 bits per heavy atom. The first-order chi connectivity index (χ1) is 10.1. The second-order valence-electron chi connectivity index (χ2n) is 3.97. The number of amides is 2. The highest BCUT2D eigenvalue weighted by Crippen LogP contribution is 2.20. The van der Waals surface area contributed by atoms with Crippen LogP contribution in [0.3, 0.4) is 0 Å². The molecule has 2 amide bonds. The Hall–Kier alpha value is -2.61. The van der Waals surface area contributed by atoms with Gasteiger partial charge in [0.15, 0.2) is 6.33 Å². The highest BCUT2D eigenvalue weighted by molar-refractivity contribution is 6.33. The zero-order chi connectivity index (χ0) is 15.2. The SMILES string of the molecule is O=C(NCCc1ncno1)Nc1ccc(C(=O)O)c(Cl)c1. The number of urea groups is 1. The highest BCUT2D eigenvalue weighted by Gasteiger charge is 2.10. The van der Waals surface area contributed by atoms with E-state index in [1.54, 1.807) is 0 Å². The van der Waals surface area contributed by atoms with Gasteiger partial charge in [0.05, 0.1) is 10.6 Å². The van der Waals surface area contributed by atoms with E-state index >= 15 is 0 Å². The topological polar surface area (TPSA) is 117 Å². The van der Waals surface area contributed by atoms with E-state index in [2.05, 4.69) is 20.8 Å². The van der Waals surface area contributed by atoms with Crippen molar-refractivity contribution in [3.05, 3.63) is 41.0 Å². The van der Waals surface area contributed by atoms with Crippen LogP contribution in [0.2, 0.25) is 5.02 Å². The van der Waals surface area contributed by atoms with Crippen LogP contribution in [-0.4, -0.2) is 33.8 Å². The lowest BCUT2D eigenvalue weighted by atomic mass is 10.2. The average Bonchev–Trinajstić information content (AvgIpc) is 2.91. The second kappa shape index (κ2) is 6.71. The maximum absolute atomic E-state index is 11.6. The van der Waals surface area contributed by atoms with Crippen LogP contribution in [0.15, 0.2) is 29.0 Å². The third-order valence-electron chi connectivity index (χ3n) is 2.49. The number of benzene rings is 1. The summed E-state index contributed by atoms with van der Waals surface area (Å²) in [6, 6.07) is 3.68. The Morgan fingerprint density at radius 2 is 2.19 bits per heavy atom. The van der Waals surface area contributed by atoms with Gasteiger partial charge < -0.3 is 20.3 Å². The van der Waals surface area contributed by atoms with Crippen molar-refractivity contribution in [1.82, 2.24) is 15.5 Å². The summed E-state index contributed by atoms with van der Waals surface area (Å²) in [6.45, 7) is 0.314. The number of anilines is 1. The van der Waals surface area contributed by atoms with E-state index in [-0.39, 0.29) is 10.6 Å². The smallest absolute Gasteiger partial charge is 0.337 e. The van der Waals surface area contributed by atoms with Gasteiger partial charge in [-0.2, -0.15) is 4.98 Å². The van der Waals surface area contributed by atoms with Crippen LogP contribution in [0.1, 0.15) is 16.2 Å². The number of carboxylic acid groups (broad SMARTS) is 1. The number of carboxylic acids is 1. The van der Waals surface area contributed by atoms with Crippen molar-refractivity contribution in [1.29, 1.82) is 0 Å². The minimum atomic E-state index is -1.13. The molecule has 1 aromatic heterocycles. The number of aromatic nitrogens is 2. The van der Waals surface area contributed by atoms with Gasteiger partial charge in [0.25, 0.3) is 0 Å². The van der Waals surface area contributed by atoms with Crippen LogP contribution in [0.25, 0.3) is 0 Å². The van der Waals surface area contributed by atoms with E-state index in [0.717, 1.165) is 0 Å². The second-order valence-corrected chi connectivity index (χ2v) is 4.37. The van der Waals surface area contributed by atoms with Crippen molar-refractivity contribution >= 4 is 29.3 Å². The zero-order valence-corrected chi connectivity index (χ0v) is 11.4. The average molecular weight is 311 g/mol. The van der Waals surface area contributed by atoms with Crippen LogP contribution in [-0.2, 0) is 6.42 Å². The zero-order valence-electron chi connectivity index (χ0n) is 10.7. The molecule has 9 heteroatoms. The van der Waals surface area contributed by atoms with E-state index in [1.807, 2.05) is 0 Å². The molecule has 0 aliphatic carbocycles. The molecule has 2 rings (SSSR count). The Kier molecular flexibility index (Phi) is 4.72. The summed E-state index contributed by atoms with van der Waals surface area (Å²) in [5, 5.41) is 17.5. The summed E-state index contributed by atoms with van der Waals surface area (Å²) in [7, 11) is 0. The van der Waals surface area contributed by atoms with Gasteiger partial charge in [0.1, 0.15) is 0 Å². The largest absolute Gasteiger partial charge is 0.478 e. The summed E-state index contributed by atoms with van der Waals surface area (Å²) >= 11 is 5.80. The van der Waals surface area contributed by atoms with Crippen molar-refractivity contribution in [3.63, 3.8) is 0 Å². The van der Waals surface area contributed by atoms with E-state index < -0.39 is 12.0 Å². The minimum absolute atomic E-state index is 0.0287. The van der Waals surface area contributed by atoms with Gasteiger partial charge in [-0.3, -0.25) is 0 Å². The molecule has 0 saturated heterocycles. The summed E-state index contributed by atoms with van der Waals surface area (Å²) in [6.07, 6.45) is 1.69. The van der Waals surface area contributed by atoms with Crippen molar-refractivity contribution in [3.8, 4) is 0 Å². The van der Waals surface area contributed by atoms with Crippen LogP contribution in [0, 0.1) is 0 Å². The monoisotopic (exact) mass is 310 g/mol. The fourth-order valence-electron chi connectivity index (χ4n) is 1.53. The van der Waals surface area contributed by atoms with E-state index in [9.17, 15) is 9.59 Å². The quantitative estimate of drug-likeness (QED) is 0.775. The molecule has 0 aliphatic heterocycles. The lowest BCUT2D eigenvalue weighted by Gasteiger charge is -2.08. The Balaban J connectivity index is 1.85. The molecule has 0 fully saturated rings. The predicted molar refractivity (Wildman–Crippen MR) is 73.4 cm³/mol. The Morgan fingerprint density at radius 1 is 1.38 bits per heavy atom. The lowest BCUT2D eigenvalue weighted by Crippen LogP contribution is -2.30. The van der Waals surface area contributed by atoms with Crippen molar-refractivity contribution in [2.24, 2.45) is 0 Å². The molecule has 1 heterocycles. The molecule has 0 atom stereocenters. The molecule has 0 unspecified atom stereocenters. The normalized spacial score (nSPS) is 10.1. The van der Waals surface area contributed by atoms with Gasteiger partial charge in [-0.15, -0.1) is 0 Å². The lowest BCUT2D eigenvalue weighted by molar-refractivity contribution is 0.0697. The molecular formula is C12H11ClN4O4. The Bertz CT molecular complexity index is 645. The first-order valence-electron chi connectivity index (χ1n) is 5.89. The molecule has 110 valence electrons. The number of carbonyl (C=O) groups excluding carboxylic acids is 1. The number of carbonyl (C=O) groups is 2. The number of halogens is 1. The maximum atomic E-state index is 11.6. The molecular weight excluding hydrogens is 300 g/mol. The molecule has 3 N–H and O–H groups in total. The molecule has 0 bridgehead atoms. The van der Waals surface area contributed by atoms with Crippen molar-refractivity contribution in [2.45, 2.75) is 6.42 Å². The third kappa shape index (κ3) is 4.18. The molecule has 0 saturated carbocycles. The maximum Gasteiger partial charge on any atom is 0.337 e. The number of hydrogen-bond acceptors (Lipinski definition) is 5. The number of aromatic carboxylic acids is 1. The molecule has 1 aromatic carbocycles. The van der Waals surface area contributed by atoms with Crippen LogP contribution < -0.4 is 10.6 Å². The molecule has 21 heavy (non-hydrogen) atoms. The van der Waals surface area contributed by atoms with Crippen LogP contribution in [0.4, 0.5) is 10.5 Å². The third-order valence-corrected chi connectivity index (χ3v) is 2.80. The number of rotatable bonds is 5. The van der Waals surface area contributed by atoms with Gasteiger partial charge >= 0.3 is 12.0 Å². The number of nitrogens with zero attached hydrogens (tertiary/aromatic N) is 2. The van der Waals surface area contributed by atoms with E-state index in [1.165, 1.54) is 24.5 Å². The van der Waals surface area contributed by atoms with Gasteiger partial charge in [-0.25, -0.2) is 9.59 Å². The number of nitrogens with one attached hydrogen (secondary N) is 2. The first kappa shape index (κ1) is 14.8. The predicted octanol–water partition coefficient (Wildman–Crippen LogP) is 1.79. The summed E-state index contributed by atoms with van der Waals surface area (Å²) in [5.74, 6) is -0.709. The van der Waals surface area contributed by atoms with Crippen molar-refractivity contribution in [2.75, 3.05) is 11.9 Å². The van der Waals surface area contributed by atoms with Gasteiger partial charge in [0.2, 0.25) is 5.89 Å². The number of hydrogen-bond donors (Lipinski definition) is 3. The summed E-state index contributed by atoms with van der Waals surface area (Å²) in [4.78, 5) is 26.2. The van der Waals surface area contributed by atoms with E-state index in [0.29, 0.717) is 24.5 Å². The summed E-state index contributed by atoms with van der Waals surface area (Å²) < 4.78 is 4.78.